The molecule has 1 aromatic carbocycles. The number of hydrogen-bond acceptors (Lipinski definition) is 6. The van der Waals surface area contributed by atoms with Gasteiger partial charge in [-0.25, -0.2) is 8.42 Å². The Labute approximate surface area is 163 Å². The summed E-state index contributed by atoms with van der Waals surface area (Å²) in [6.07, 6.45) is 4.17. The highest BCUT2D eigenvalue weighted by Gasteiger charge is 2.30. The lowest BCUT2D eigenvalue weighted by Crippen LogP contribution is -2.27. The van der Waals surface area contributed by atoms with Gasteiger partial charge in [0.25, 0.3) is 0 Å². The van der Waals surface area contributed by atoms with Gasteiger partial charge in [-0.3, -0.25) is 9.10 Å². The summed E-state index contributed by atoms with van der Waals surface area (Å²) in [7, 11) is -3.28. The predicted octanol–water partition coefficient (Wildman–Crippen LogP) is 2.47. The number of rotatable bonds is 7. The largest absolute Gasteiger partial charge is 0.306 e. The van der Waals surface area contributed by atoms with Crippen molar-refractivity contribution in [2.45, 2.75) is 43.8 Å². The number of benzene rings is 1. The highest BCUT2D eigenvalue weighted by Crippen LogP contribution is 2.40. The molecule has 2 aliphatic rings. The Morgan fingerprint density at radius 1 is 1.30 bits per heavy atom. The molecule has 0 atom stereocenters. The maximum atomic E-state index is 12.6. The zero-order valence-corrected chi connectivity index (χ0v) is 17.0. The second-order valence-electron chi connectivity index (χ2n) is 7.00. The van der Waals surface area contributed by atoms with Gasteiger partial charge in [0.2, 0.25) is 10.0 Å². The van der Waals surface area contributed by atoms with Crippen molar-refractivity contribution in [3.05, 3.63) is 35.2 Å². The number of sulfonamides is 1. The molecule has 2 heterocycles. The van der Waals surface area contributed by atoms with Crippen molar-refractivity contribution in [1.29, 1.82) is 0 Å². The van der Waals surface area contributed by atoms with E-state index in [1.807, 2.05) is 6.07 Å². The summed E-state index contributed by atoms with van der Waals surface area (Å²) in [5.41, 5.74) is 2.20. The van der Waals surface area contributed by atoms with Crippen molar-refractivity contribution >= 4 is 33.3 Å². The van der Waals surface area contributed by atoms with Crippen LogP contribution in [0, 0.1) is 0 Å². The molecule has 0 bridgehead atoms. The van der Waals surface area contributed by atoms with Crippen molar-refractivity contribution in [1.82, 2.24) is 14.8 Å². The van der Waals surface area contributed by atoms with Gasteiger partial charge in [0.05, 0.1) is 17.7 Å². The molecule has 1 aliphatic carbocycles. The van der Waals surface area contributed by atoms with E-state index in [4.69, 9.17) is 0 Å². The Morgan fingerprint density at radius 3 is 2.74 bits per heavy atom. The van der Waals surface area contributed by atoms with E-state index in [2.05, 4.69) is 21.7 Å². The molecule has 9 heteroatoms. The summed E-state index contributed by atoms with van der Waals surface area (Å²) in [5.74, 6) is 1.86. The first kappa shape index (κ1) is 18.5. The summed E-state index contributed by atoms with van der Waals surface area (Å²) >= 11 is 1.41. The van der Waals surface area contributed by atoms with Crippen molar-refractivity contribution in [3.63, 3.8) is 0 Å². The van der Waals surface area contributed by atoms with Crippen LogP contribution in [0.3, 0.4) is 0 Å². The zero-order valence-electron chi connectivity index (χ0n) is 15.4. The molecule has 27 heavy (non-hydrogen) atoms. The van der Waals surface area contributed by atoms with Gasteiger partial charge < -0.3 is 4.57 Å². The molecule has 0 saturated heterocycles. The number of aromatic nitrogens is 3. The van der Waals surface area contributed by atoms with Gasteiger partial charge in [-0.1, -0.05) is 11.8 Å². The molecule has 0 unspecified atom stereocenters. The van der Waals surface area contributed by atoms with Crippen LogP contribution in [0.5, 0.6) is 0 Å². The van der Waals surface area contributed by atoms with E-state index in [0.717, 1.165) is 23.1 Å². The Bertz CT molecular complexity index is 996. The van der Waals surface area contributed by atoms with Gasteiger partial charge in [0, 0.05) is 24.6 Å². The fourth-order valence-corrected chi connectivity index (χ4v) is 5.31. The molecule has 0 spiro atoms. The Balaban J connectivity index is 1.47. The lowest BCUT2D eigenvalue weighted by molar-refractivity contribution is 0.102. The third-order valence-electron chi connectivity index (χ3n) is 4.99. The summed E-state index contributed by atoms with van der Waals surface area (Å²) in [6.45, 7) is 3.30. The fourth-order valence-electron chi connectivity index (χ4n) is 3.45. The predicted molar refractivity (Wildman–Crippen MR) is 105 cm³/mol. The molecule has 1 fully saturated rings. The van der Waals surface area contributed by atoms with Crippen LogP contribution in [-0.2, 0) is 23.0 Å². The van der Waals surface area contributed by atoms with Crippen molar-refractivity contribution < 1.29 is 13.2 Å². The summed E-state index contributed by atoms with van der Waals surface area (Å²) < 4.78 is 27.2. The van der Waals surface area contributed by atoms with Crippen molar-refractivity contribution in [3.8, 4) is 0 Å². The highest BCUT2D eigenvalue weighted by atomic mass is 32.2. The van der Waals surface area contributed by atoms with Crippen LogP contribution in [0.2, 0.25) is 0 Å². The maximum absolute atomic E-state index is 12.6. The monoisotopic (exact) mass is 406 g/mol. The molecule has 2 aromatic rings. The quantitative estimate of drug-likeness (QED) is 0.519. The maximum Gasteiger partial charge on any atom is 0.232 e. The van der Waals surface area contributed by atoms with E-state index in [1.54, 1.807) is 12.1 Å². The van der Waals surface area contributed by atoms with Crippen LogP contribution in [-0.4, -0.2) is 47.5 Å². The van der Waals surface area contributed by atoms with E-state index in [1.165, 1.54) is 35.2 Å². The van der Waals surface area contributed by atoms with Gasteiger partial charge in [0.1, 0.15) is 5.82 Å². The van der Waals surface area contributed by atoms with E-state index in [0.29, 0.717) is 30.1 Å². The molecule has 1 aromatic heterocycles. The van der Waals surface area contributed by atoms with E-state index in [9.17, 15) is 13.2 Å². The molecular formula is C18H22N4O3S2. The molecule has 144 valence electrons. The first-order valence-electron chi connectivity index (χ1n) is 9.08. The SMILES string of the molecule is CCn1c(SCC(=O)c2ccc3c(c2)CCN3S(C)(=O)=O)nnc1C1CC1. The number of fused-ring (bicyclic) bond motifs is 1. The van der Waals surface area contributed by atoms with E-state index >= 15 is 0 Å². The minimum atomic E-state index is -3.28. The fraction of sp³-hybridized carbons (Fsp3) is 0.500. The highest BCUT2D eigenvalue weighted by molar-refractivity contribution is 7.99. The first-order valence-corrected chi connectivity index (χ1v) is 11.9. The number of nitrogens with zero attached hydrogens (tertiary/aromatic N) is 4. The van der Waals surface area contributed by atoms with Gasteiger partial charge in [-0.15, -0.1) is 10.2 Å². The standard InChI is InChI=1S/C18H22N4O3S2/c1-3-21-17(12-4-5-12)19-20-18(21)26-11-16(23)14-6-7-15-13(10-14)8-9-22(15)27(2,24)25/h6-7,10,12H,3-5,8-9,11H2,1-2H3. The zero-order chi connectivity index (χ0) is 19.2. The lowest BCUT2D eigenvalue weighted by atomic mass is 10.1. The molecule has 1 saturated carbocycles. The molecule has 0 amide bonds. The van der Waals surface area contributed by atoms with Gasteiger partial charge >= 0.3 is 0 Å². The number of ketones is 1. The average Bonchev–Trinajstić information content (AvgIpc) is 3.24. The number of thioether (sulfide) groups is 1. The summed E-state index contributed by atoms with van der Waals surface area (Å²) in [5, 5.41) is 9.34. The Morgan fingerprint density at radius 2 is 2.07 bits per heavy atom. The number of carbonyl (C=O) groups excluding carboxylic acids is 1. The molecular weight excluding hydrogens is 384 g/mol. The second kappa shape index (κ2) is 6.94. The Kier molecular flexibility index (Phi) is 4.75. The second-order valence-corrected chi connectivity index (χ2v) is 9.85. The molecule has 1 aliphatic heterocycles. The van der Waals surface area contributed by atoms with Gasteiger partial charge in [0.15, 0.2) is 10.9 Å². The van der Waals surface area contributed by atoms with Crippen LogP contribution < -0.4 is 4.31 Å². The van der Waals surface area contributed by atoms with Crippen molar-refractivity contribution in [2.75, 3.05) is 22.9 Å². The average molecular weight is 407 g/mol. The third-order valence-corrected chi connectivity index (χ3v) is 7.14. The lowest BCUT2D eigenvalue weighted by Gasteiger charge is -2.16. The summed E-state index contributed by atoms with van der Waals surface area (Å²) in [6, 6.07) is 5.27. The van der Waals surface area contributed by atoms with Crippen LogP contribution in [0.4, 0.5) is 5.69 Å². The molecule has 0 radical (unpaired) electrons. The Hall–Kier alpha value is -1.87. The topological polar surface area (TPSA) is 85.2 Å². The van der Waals surface area contributed by atoms with Crippen molar-refractivity contribution in [2.24, 2.45) is 0 Å². The van der Waals surface area contributed by atoms with Crippen LogP contribution >= 0.6 is 11.8 Å². The first-order chi connectivity index (χ1) is 12.9. The minimum Gasteiger partial charge on any atom is -0.306 e. The van der Waals surface area contributed by atoms with Crippen LogP contribution in [0.1, 0.15) is 47.4 Å². The minimum absolute atomic E-state index is 0.0132. The third kappa shape index (κ3) is 3.62. The molecule has 0 N–H and O–H groups in total. The number of anilines is 1. The van der Waals surface area contributed by atoms with Crippen LogP contribution in [0.15, 0.2) is 23.4 Å². The normalized spacial score (nSPS) is 16.6. The van der Waals surface area contributed by atoms with Crippen LogP contribution in [0.25, 0.3) is 0 Å². The smallest absolute Gasteiger partial charge is 0.232 e. The summed E-state index contributed by atoms with van der Waals surface area (Å²) in [4.78, 5) is 12.6. The van der Waals surface area contributed by atoms with Gasteiger partial charge in [-0.2, -0.15) is 0 Å². The van der Waals surface area contributed by atoms with E-state index in [-0.39, 0.29) is 11.5 Å². The van der Waals surface area contributed by atoms with E-state index < -0.39 is 10.0 Å². The number of carbonyl (C=O) groups is 1. The number of hydrogen-bond donors (Lipinski definition) is 0. The molecule has 7 nitrogen and oxygen atoms in total. The number of Topliss-reactive ketones (excluding diaryl/α,β-unsaturated/α-hetero) is 1. The molecule has 4 rings (SSSR count). The van der Waals surface area contributed by atoms with Gasteiger partial charge in [-0.05, 0) is 49.9 Å².